The molecule has 0 fully saturated rings. The molecule has 6 rings (SSSR count). The lowest BCUT2D eigenvalue weighted by Gasteiger charge is -2.13. The van der Waals surface area contributed by atoms with Gasteiger partial charge in [-0.05, 0) is 50.6 Å². The Morgan fingerprint density at radius 1 is 0.862 bits per heavy atom. The van der Waals surface area contributed by atoms with Crippen LogP contribution in [0, 0.1) is 13.8 Å². The molecule has 6 aromatic rings. The number of anilines is 2. The van der Waals surface area contributed by atoms with E-state index in [-0.39, 0.29) is 60.8 Å². The number of allylic oxidation sites excluding steroid dienone is 2. The molecule has 0 saturated carbocycles. The topological polar surface area (TPSA) is 275 Å². The number of hydrogen-bond donors (Lipinski definition) is 6. The van der Waals surface area contributed by atoms with Crippen LogP contribution in [-0.4, -0.2) is 82.9 Å². The van der Waals surface area contributed by atoms with Crippen molar-refractivity contribution in [2.75, 3.05) is 31.0 Å². The minimum absolute atomic E-state index is 0.0314. The Bertz CT molecular complexity index is 2560. The standard InChI is InChI=1S/C38H44N12O8/c1-6-24-32(58-21(4)41-24)36(55)45-38-43-26-17-23(34(53)46-40)19-29(57-14-10-13-51)31(26)49(38)12-9-8-11-48-30-25(16-22(33(39)52)18-28(30)56-5)42-37(48)44-35(54)27-15-20(3)47-50(27)7-2/h8-9,15-19,51H,6-7,10-14,40H2,1-5H3,(H2,39,52)(H,46,53)(H,42,44,54)(H,43,45,55)/b9-8+. The van der Waals surface area contributed by atoms with Gasteiger partial charge in [0.15, 0.2) is 5.89 Å². The van der Waals surface area contributed by atoms with Crippen LogP contribution in [0.3, 0.4) is 0 Å². The van der Waals surface area contributed by atoms with E-state index in [2.05, 4.69) is 36.1 Å². The number of nitrogen functional groups attached to an aromatic ring is 1. The van der Waals surface area contributed by atoms with Crippen LogP contribution in [0.1, 0.15) is 79.3 Å². The molecule has 0 aliphatic heterocycles. The summed E-state index contributed by atoms with van der Waals surface area (Å²) in [5, 5.41) is 19.5. The summed E-state index contributed by atoms with van der Waals surface area (Å²) in [7, 11) is 1.44. The van der Waals surface area contributed by atoms with E-state index in [9.17, 15) is 24.3 Å². The number of methoxy groups -OCH3 is 1. The summed E-state index contributed by atoms with van der Waals surface area (Å²) >= 11 is 0. The highest BCUT2D eigenvalue weighted by Gasteiger charge is 2.25. The summed E-state index contributed by atoms with van der Waals surface area (Å²) in [6.07, 6.45) is 4.34. The number of nitrogens with zero attached hydrogens (tertiary/aromatic N) is 7. The molecule has 0 aliphatic rings. The number of carbonyl (C=O) groups excluding carboxylic acids is 4. The number of aryl methyl sites for hydroxylation is 4. The summed E-state index contributed by atoms with van der Waals surface area (Å²) in [6, 6.07) is 7.69. The number of aliphatic hydroxyl groups is 1. The third kappa shape index (κ3) is 8.22. The zero-order valence-corrected chi connectivity index (χ0v) is 32.6. The zero-order chi connectivity index (χ0) is 41.7. The molecule has 4 amide bonds. The van der Waals surface area contributed by atoms with E-state index in [0.29, 0.717) is 70.2 Å². The van der Waals surface area contributed by atoms with Crippen LogP contribution >= 0.6 is 0 Å². The second-order valence-electron chi connectivity index (χ2n) is 13.0. The Balaban J connectivity index is 1.42. The number of primary amides is 1. The first-order chi connectivity index (χ1) is 27.9. The van der Waals surface area contributed by atoms with Gasteiger partial charge < -0.3 is 33.9 Å². The average Bonchev–Trinajstić information content (AvgIpc) is 3.97. The van der Waals surface area contributed by atoms with Crippen LogP contribution in [0.5, 0.6) is 11.5 Å². The van der Waals surface area contributed by atoms with Crippen molar-refractivity contribution in [2.45, 2.75) is 60.2 Å². The molecule has 58 heavy (non-hydrogen) atoms. The predicted octanol–water partition coefficient (Wildman–Crippen LogP) is 3.00. The number of benzene rings is 2. The number of oxazole rings is 1. The van der Waals surface area contributed by atoms with Gasteiger partial charge in [0.1, 0.15) is 28.2 Å². The molecule has 0 bridgehead atoms. The van der Waals surface area contributed by atoms with E-state index in [4.69, 9.17) is 25.5 Å². The van der Waals surface area contributed by atoms with Gasteiger partial charge >= 0.3 is 0 Å². The number of ether oxygens (including phenoxy) is 2. The monoisotopic (exact) mass is 796 g/mol. The van der Waals surface area contributed by atoms with E-state index in [1.54, 1.807) is 45.9 Å². The van der Waals surface area contributed by atoms with Gasteiger partial charge in [0.25, 0.3) is 17.7 Å². The fourth-order valence-electron chi connectivity index (χ4n) is 6.42. The Kier molecular flexibility index (Phi) is 12.2. The lowest BCUT2D eigenvalue weighted by Crippen LogP contribution is -2.30. The van der Waals surface area contributed by atoms with Gasteiger partial charge in [-0.15, -0.1) is 0 Å². The first-order valence-corrected chi connectivity index (χ1v) is 18.4. The molecular weight excluding hydrogens is 752 g/mol. The van der Waals surface area contributed by atoms with Crippen molar-refractivity contribution in [3.8, 4) is 11.5 Å². The van der Waals surface area contributed by atoms with E-state index < -0.39 is 23.6 Å². The summed E-state index contributed by atoms with van der Waals surface area (Å²) in [5.41, 5.74) is 11.1. The van der Waals surface area contributed by atoms with Gasteiger partial charge in [-0.3, -0.25) is 39.9 Å². The summed E-state index contributed by atoms with van der Waals surface area (Å²) in [4.78, 5) is 65.7. The number of amides is 4. The van der Waals surface area contributed by atoms with Crippen molar-refractivity contribution in [3.63, 3.8) is 0 Å². The van der Waals surface area contributed by atoms with Gasteiger partial charge in [0.05, 0.1) is 36.1 Å². The third-order valence-corrected chi connectivity index (χ3v) is 9.04. The molecule has 8 N–H and O–H groups in total. The number of rotatable bonds is 17. The Morgan fingerprint density at radius 3 is 2.07 bits per heavy atom. The third-order valence-electron chi connectivity index (χ3n) is 9.04. The smallest absolute Gasteiger partial charge is 0.295 e. The molecule has 0 saturated heterocycles. The van der Waals surface area contributed by atoms with Gasteiger partial charge in [-0.25, -0.2) is 20.8 Å². The summed E-state index contributed by atoms with van der Waals surface area (Å²) < 4.78 is 22.3. The second-order valence-corrected chi connectivity index (χ2v) is 13.0. The lowest BCUT2D eigenvalue weighted by atomic mass is 10.1. The second kappa shape index (κ2) is 17.4. The fraction of sp³-hybridized carbons (Fsp3) is 0.316. The molecule has 0 atom stereocenters. The van der Waals surface area contributed by atoms with Crippen molar-refractivity contribution in [2.24, 2.45) is 11.6 Å². The number of imidazole rings is 2. The molecule has 20 heteroatoms. The average molecular weight is 797 g/mol. The van der Waals surface area contributed by atoms with Crippen LogP contribution in [0.15, 0.2) is 46.9 Å². The highest BCUT2D eigenvalue weighted by molar-refractivity contribution is 6.05. The molecule has 0 unspecified atom stereocenters. The van der Waals surface area contributed by atoms with Crippen LogP contribution < -0.4 is 37.1 Å². The largest absolute Gasteiger partial charge is 0.494 e. The molecule has 0 aliphatic carbocycles. The SMILES string of the molecule is CCc1nc(C)oc1C(=O)Nc1nc2cc(C(=O)NN)cc(OCCCO)c2n1C/C=C/Cn1c(NC(=O)c2cc(C)nn2CC)nc2cc(C(N)=O)cc(OC)c21. The van der Waals surface area contributed by atoms with Crippen molar-refractivity contribution < 1.29 is 38.2 Å². The first kappa shape index (κ1) is 40.6. The molecular formula is C38H44N12O8. The summed E-state index contributed by atoms with van der Waals surface area (Å²) in [6.45, 7) is 7.83. The maximum absolute atomic E-state index is 13.6. The van der Waals surface area contributed by atoms with E-state index in [1.165, 1.54) is 31.4 Å². The number of hydrazine groups is 1. The molecule has 0 spiro atoms. The fourth-order valence-corrected chi connectivity index (χ4v) is 6.42. The molecule has 4 aromatic heterocycles. The van der Waals surface area contributed by atoms with E-state index in [1.807, 2.05) is 13.8 Å². The van der Waals surface area contributed by atoms with Crippen LogP contribution in [0.25, 0.3) is 22.1 Å². The maximum atomic E-state index is 13.6. The lowest BCUT2D eigenvalue weighted by molar-refractivity contribution is 0.0950. The number of aromatic nitrogens is 7. The van der Waals surface area contributed by atoms with E-state index >= 15 is 0 Å². The highest BCUT2D eigenvalue weighted by atomic mass is 16.5. The van der Waals surface area contributed by atoms with Gasteiger partial charge in [0.2, 0.25) is 23.6 Å². The van der Waals surface area contributed by atoms with Crippen molar-refractivity contribution >= 4 is 57.6 Å². The van der Waals surface area contributed by atoms with Crippen LogP contribution in [-0.2, 0) is 26.1 Å². The molecule has 2 aromatic carbocycles. The van der Waals surface area contributed by atoms with Crippen molar-refractivity contribution in [1.29, 1.82) is 0 Å². The Morgan fingerprint density at radius 2 is 1.48 bits per heavy atom. The number of nitrogens with two attached hydrogens (primary N) is 2. The number of nitrogens with one attached hydrogen (secondary N) is 3. The predicted molar refractivity (Wildman–Crippen MR) is 212 cm³/mol. The number of carbonyl (C=O) groups is 4. The highest BCUT2D eigenvalue weighted by Crippen LogP contribution is 2.33. The normalized spacial score (nSPS) is 11.4. The van der Waals surface area contributed by atoms with Gasteiger partial charge in [0, 0.05) is 50.7 Å². The quantitative estimate of drug-likeness (QED) is 0.0255. The first-order valence-electron chi connectivity index (χ1n) is 18.4. The van der Waals surface area contributed by atoms with Crippen molar-refractivity contribution in [1.82, 2.24) is 39.3 Å². The van der Waals surface area contributed by atoms with Crippen LogP contribution in [0.2, 0.25) is 0 Å². The van der Waals surface area contributed by atoms with E-state index in [0.717, 1.165) is 0 Å². The summed E-state index contributed by atoms with van der Waals surface area (Å²) in [5.74, 6) is 4.29. The minimum Gasteiger partial charge on any atom is -0.494 e. The van der Waals surface area contributed by atoms with Gasteiger partial charge in [-0.2, -0.15) is 5.10 Å². The number of hydrogen-bond acceptors (Lipinski definition) is 13. The number of fused-ring (bicyclic) bond motifs is 2. The minimum atomic E-state index is -0.683. The molecule has 0 radical (unpaired) electrons. The zero-order valence-electron chi connectivity index (χ0n) is 32.6. The molecule has 304 valence electrons. The Labute approximate surface area is 331 Å². The van der Waals surface area contributed by atoms with Gasteiger partial charge in [-0.1, -0.05) is 19.1 Å². The van der Waals surface area contributed by atoms with Crippen molar-refractivity contribution in [3.05, 3.63) is 82.3 Å². The molecule has 20 nitrogen and oxygen atoms in total. The van der Waals surface area contributed by atoms with Crippen LogP contribution in [0.4, 0.5) is 11.9 Å². The number of aliphatic hydroxyl groups excluding tert-OH is 1. The maximum Gasteiger partial charge on any atom is 0.295 e. The Hall–Kier alpha value is -7.06. The molecule has 4 heterocycles.